The quantitative estimate of drug-likeness (QED) is 0.551. The molecule has 0 aromatic carbocycles. The summed E-state index contributed by atoms with van der Waals surface area (Å²) < 4.78 is 9.68. The Hall–Kier alpha value is -0.120. The van der Waals surface area contributed by atoms with Gasteiger partial charge in [-0.15, -0.1) is 0 Å². The molecule has 0 amide bonds. The lowest BCUT2D eigenvalue weighted by atomic mass is 10.3. The van der Waals surface area contributed by atoms with Crippen LogP contribution in [0.25, 0.3) is 0 Å². The lowest BCUT2D eigenvalue weighted by Gasteiger charge is -2.26. The van der Waals surface area contributed by atoms with Gasteiger partial charge in [-0.25, -0.2) is 0 Å². The van der Waals surface area contributed by atoms with Gasteiger partial charge in [-0.2, -0.15) is 0 Å². The molecule has 1 fully saturated rings. The van der Waals surface area contributed by atoms with E-state index in [9.17, 15) is 0 Å². The second-order valence-corrected chi connectivity index (χ2v) is 2.68. The van der Waals surface area contributed by atoms with E-state index in [0.29, 0.717) is 6.61 Å². The molecule has 11 heavy (non-hydrogen) atoms. The minimum Gasteiger partial charge on any atom is -0.379 e. The molecule has 0 aromatic heterocycles. The van der Waals surface area contributed by atoms with Crippen molar-refractivity contribution in [3.05, 3.63) is 7.11 Å². The van der Waals surface area contributed by atoms with Gasteiger partial charge in [-0.05, 0) is 6.42 Å². The Morgan fingerprint density at radius 3 is 2.73 bits per heavy atom. The average molecular weight is 157 g/mol. The summed E-state index contributed by atoms with van der Waals surface area (Å²) in [4.78, 5) is 2.36. The van der Waals surface area contributed by atoms with Gasteiger partial charge in [0.15, 0.2) is 0 Å². The summed E-state index contributed by atoms with van der Waals surface area (Å²) in [6.07, 6.45) is 1.01. The molecule has 64 valence electrons. The fraction of sp³-hybridized carbons (Fsp3) is 0.875. The Labute approximate surface area is 68.3 Å². The summed E-state index contributed by atoms with van der Waals surface area (Å²) in [5, 5.41) is 0. The number of hydrogen-bond acceptors (Lipinski definition) is 3. The Morgan fingerprint density at radius 2 is 2.09 bits per heavy atom. The second-order valence-electron chi connectivity index (χ2n) is 2.68. The van der Waals surface area contributed by atoms with E-state index >= 15 is 0 Å². The van der Waals surface area contributed by atoms with E-state index in [2.05, 4.69) is 9.64 Å². The average Bonchev–Trinajstić information content (AvgIpc) is 2.07. The number of rotatable bonds is 4. The highest BCUT2D eigenvalue weighted by Gasteiger charge is 2.08. The maximum atomic E-state index is 5.21. The van der Waals surface area contributed by atoms with Crippen LogP contribution in [0.4, 0.5) is 0 Å². The molecule has 1 rings (SSSR count). The summed E-state index contributed by atoms with van der Waals surface area (Å²) in [7, 11) is 4.90. The van der Waals surface area contributed by atoms with E-state index in [-0.39, 0.29) is 0 Å². The van der Waals surface area contributed by atoms with Crippen LogP contribution in [0.1, 0.15) is 6.42 Å². The van der Waals surface area contributed by atoms with Crippen molar-refractivity contribution in [3.8, 4) is 0 Å². The molecule has 1 aliphatic rings. The number of ether oxygens (including phenoxy) is 2. The van der Waals surface area contributed by atoms with Crippen LogP contribution in [0, 0.1) is 7.11 Å². The highest BCUT2D eigenvalue weighted by Crippen LogP contribution is 1.97. The Morgan fingerprint density at radius 1 is 1.36 bits per heavy atom. The lowest BCUT2D eigenvalue weighted by molar-refractivity contribution is 0.0348. The minimum atomic E-state index is 0.650. The molecule has 0 atom stereocenters. The predicted molar refractivity (Wildman–Crippen MR) is 42.1 cm³/mol. The van der Waals surface area contributed by atoms with E-state index in [1.54, 1.807) is 0 Å². The third-order valence-corrected chi connectivity index (χ3v) is 1.84. The maximum absolute atomic E-state index is 5.21. The van der Waals surface area contributed by atoms with Gasteiger partial charge >= 0.3 is 0 Å². The molecule has 1 aliphatic heterocycles. The molecular weight excluding hydrogens is 142 g/mol. The highest BCUT2D eigenvalue weighted by molar-refractivity contribution is 4.60. The predicted octanol–water partition coefficient (Wildman–Crippen LogP) is 0.394. The van der Waals surface area contributed by atoms with E-state index in [1.807, 2.05) is 0 Å². The fourth-order valence-electron chi connectivity index (χ4n) is 1.20. The largest absolute Gasteiger partial charge is 0.379 e. The first-order chi connectivity index (χ1) is 5.43. The van der Waals surface area contributed by atoms with E-state index in [4.69, 9.17) is 11.8 Å². The molecule has 0 spiro atoms. The first-order valence-corrected chi connectivity index (χ1v) is 4.05. The Bertz CT molecular complexity index is 92.1. The SMILES string of the molecule is [CH]OCCCN1CCOCC1. The third kappa shape index (κ3) is 3.70. The van der Waals surface area contributed by atoms with Crippen LogP contribution >= 0.6 is 0 Å². The van der Waals surface area contributed by atoms with Gasteiger partial charge < -0.3 is 9.47 Å². The van der Waals surface area contributed by atoms with Crippen molar-refractivity contribution in [2.24, 2.45) is 0 Å². The van der Waals surface area contributed by atoms with Crippen molar-refractivity contribution in [1.82, 2.24) is 4.90 Å². The Kier molecular flexibility index (Phi) is 4.50. The normalized spacial score (nSPS) is 20.5. The zero-order valence-electron chi connectivity index (χ0n) is 6.79. The van der Waals surface area contributed by atoms with E-state index < -0.39 is 0 Å². The first kappa shape index (κ1) is 8.97. The second kappa shape index (κ2) is 5.52. The summed E-state index contributed by atoms with van der Waals surface area (Å²) in [5.74, 6) is 0. The maximum Gasteiger partial charge on any atom is 0.115 e. The number of morpholine rings is 1. The molecule has 2 radical (unpaired) electrons. The van der Waals surface area contributed by atoms with Crippen molar-refractivity contribution in [2.45, 2.75) is 6.42 Å². The minimum absolute atomic E-state index is 0.650. The van der Waals surface area contributed by atoms with Gasteiger partial charge in [-0.1, -0.05) is 0 Å². The molecule has 1 heterocycles. The Balaban J connectivity index is 1.96. The molecule has 1 saturated heterocycles. The number of nitrogens with zero attached hydrogens (tertiary/aromatic N) is 1. The summed E-state index contributed by atoms with van der Waals surface area (Å²) in [5.41, 5.74) is 0. The summed E-state index contributed by atoms with van der Waals surface area (Å²) >= 11 is 0. The molecule has 0 N–H and O–H groups in total. The van der Waals surface area contributed by atoms with Crippen LogP contribution in [-0.2, 0) is 9.47 Å². The highest BCUT2D eigenvalue weighted by atomic mass is 16.5. The van der Waals surface area contributed by atoms with Crippen LogP contribution in [0.5, 0.6) is 0 Å². The van der Waals surface area contributed by atoms with E-state index in [0.717, 1.165) is 39.3 Å². The van der Waals surface area contributed by atoms with Crippen LogP contribution in [0.15, 0.2) is 0 Å². The standard InChI is InChI=1S/C8H15NO2/c1-10-6-2-3-9-4-7-11-8-5-9/h1H,2-8H2. The fourth-order valence-corrected chi connectivity index (χ4v) is 1.20. The van der Waals surface area contributed by atoms with Gasteiger partial charge in [0.25, 0.3) is 0 Å². The van der Waals surface area contributed by atoms with Gasteiger partial charge in [0.2, 0.25) is 0 Å². The van der Waals surface area contributed by atoms with Gasteiger partial charge in [0.1, 0.15) is 7.11 Å². The van der Waals surface area contributed by atoms with Crippen molar-refractivity contribution >= 4 is 0 Å². The molecule has 0 saturated carbocycles. The molecule has 0 bridgehead atoms. The zero-order valence-corrected chi connectivity index (χ0v) is 6.79. The van der Waals surface area contributed by atoms with Crippen LogP contribution in [0.3, 0.4) is 0 Å². The topological polar surface area (TPSA) is 21.7 Å². The molecule has 0 aliphatic carbocycles. The van der Waals surface area contributed by atoms with Crippen LogP contribution in [0.2, 0.25) is 0 Å². The summed E-state index contributed by atoms with van der Waals surface area (Å²) in [6, 6.07) is 0. The molecule has 3 nitrogen and oxygen atoms in total. The van der Waals surface area contributed by atoms with E-state index in [1.165, 1.54) is 0 Å². The molecule has 0 unspecified atom stereocenters. The smallest absolute Gasteiger partial charge is 0.115 e. The van der Waals surface area contributed by atoms with Crippen molar-refractivity contribution < 1.29 is 9.47 Å². The van der Waals surface area contributed by atoms with Gasteiger partial charge in [-0.3, -0.25) is 4.90 Å². The molecule has 3 heteroatoms. The van der Waals surface area contributed by atoms with Gasteiger partial charge in [0.05, 0.1) is 13.2 Å². The molecular formula is C8H15NO2. The number of hydrogen-bond donors (Lipinski definition) is 0. The molecule has 0 aromatic rings. The monoisotopic (exact) mass is 157 g/mol. The van der Waals surface area contributed by atoms with Crippen molar-refractivity contribution in [3.63, 3.8) is 0 Å². The van der Waals surface area contributed by atoms with Crippen molar-refractivity contribution in [2.75, 3.05) is 39.5 Å². The van der Waals surface area contributed by atoms with Gasteiger partial charge in [0, 0.05) is 26.2 Å². The van der Waals surface area contributed by atoms with Crippen LogP contribution < -0.4 is 0 Å². The summed E-state index contributed by atoms with van der Waals surface area (Å²) in [6.45, 7) is 5.54. The van der Waals surface area contributed by atoms with Crippen molar-refractivity contribution in [1.29, 1.82) is 0 Å². The first-order valence-electron chi connectivity index (χ1n) is 4.05. The lowest BCUT2D eigenvalue weighted by Crippen LogP contribution is -2.37. The zero-order chi connectivity index (χ0) is 7.94. The van der Waals surface area contributed by atoms with Crippen LogP contribution in [-0.4, -0.2) is 44.4 Å². The third-order valence-electron chi connectivity index (χ3n) is 1.84.